The number of aromatic nitrogens is 5. The maximum Gasteiger partial charge on any atom is 0.269 e. The lowest BCUT2D eigenvalue weighted by Crippen LogP contribution is -2.53. The quantitative estimate of drug-likeness (QED) is 0.183. The van der Waals surface area contributed by atoms with E-state index in [2.05, 4.69) is 55.2 Å². The number of H-pyrrole nitrogens is 2. The summed E-state index contributed by atoms with van der Waals surface area (Å²) in [6, 6.07) is 12.4. The fourth-order valence-electron chi connectivity index (χ4n) is 10.2. The molecule has 7 heterocycles. The van der Waals surface area contributed by atoms with Crippen LogP contribution in [0.25, 0.3) is 0 Å². The molecule has 0 radical (unpaired) electrons. The van der Waals surface area contributed by atoms with Gasteiger partial charge in [-0.1, -0.05) is 19.9 Å². The molecule has 5 fully saturated rings. The predicted molar refractivity (Wildman–Crippen MR) is 238 cm³/mol. The first-order valence-electron chi connectivity index (χ1n) is 22.4. The fourth-order valence-corrected chi connectivity index (χ4v) is 10.2. The van der Waals surface area contributed by atoms with Crippen molar-refractivity contribution in [3.63, 3.8) is 0 Å². The van der Waals surface area contributed by atoms with Gasteiger partial charge >= 0.3 is 0 Å². The number of hydrogen-bond acceptors (Lipinski definition) is 12. The molecule has 4 aromatic heterocycles. The molecule has 3 aliphatic heterocycles. The summed E-state index contributed by atoms with van der Waals surface area (Å²) in [6.07, 6.45) is 11.4. The van der Waals surface area contributed by atoms with Gasteiger partial charge in [0.15, 0.2) is 0 Å². The van der Waals surface area contributed by atoms with Crippen LogP contribution in [0.2, 0.25) is 0 Å². The zero-order valence-electron chi connectivity index (χ0n) is 36.5. The van der Waals surface area contributed by atoms with Crippen molar-refractivity contribution in [1.82, 2.24) is 45.4 Å². The SMILES string of the molecule is CCc1ccc(C2COCC(N3CCN(c4ccc(C(=O)NC)nc4)CC3)C2)[nH]c1=O.CCc1ncc(C23CCC(N4CCN(c5ccc(C(=O)NC)nc5)CC4)C2C3)[nH]c1=O. The highest BCUT2D eigenvalue weighted by Gasteiger charge is 2.64. The van der Waals surface area contributed by atoms with E-state index in [4.69, 9.17) is 4.74 Å². The fraction of sp³-hybridized carbons (Fsp3) is 0.543. The van der Waals surface area contributed by atoms with Crippen molar-refractivity contribution in [1.29, 1.82) is 0 Å². The van der Waals surface area contributed by atoms with E-state index in [0.29, 0.717) is 48.1 Å². The van der Waals surface area contributed by atoms with Crippen molar-refractivity contribution in [2.75, 3.05) is 89.5 Å². The summed E-state index contributed by atoms with van der Waals surface area (Å²) in [5.74, 6) is 0.509. The second-order valence-corrected chi connectivity index (χ2v) is 17.3. The molecule has 16 nitrogen and oxygen atoms in total. The molecule has 16 heteroatoms. The van der Waals surface area contributed by atoms with Crippen LogP contribution in [-0.2, 0) is 23.0 Å². The number of hydrogen-bond donors (Lipinski definition) is 4. The van der Waals surface area contributed by atoms with Gasteiger partial charge in [-0.25, -0.2) is 9.97 Å². The molecular weight excluding hydrogens is 787 g/mol. The minimum absolute atomic E-state index is 0.0202. The number of anilines is 2. The van der Waals surface area contributed by atoms with Gasteiger partial charge in [0.2, 0.25) is 0 Å². The number of ether oxygens (including phenoxy) is 1. The number of piperazine rings is 2. The number of aryl methyl sites for hydroxylation is 2. The Morgan fingerprint density at radius 1 is 0.742 bits per heavy atom. The molecule has 5 unspecified atom stereocenters. The Bertz CT molecular complexity index is 2300. The molecule has 0 bridgehead atoms. The molecule has 2 amide bonds. The average Bonchev–Trinajstić information content (AvgIpc) is 3.95. The highest BCUT2D eigenvalue weighted by Crippen LogP contribution is 2.64. The molecule has 5 aliphatic rings. The molecule has 9 rings (SSSR count). The van der Waals surface area contributed by atoms with Gasteiger partial charge in [0.1, 0.15) is 17.1 Å². The minimum atomic E-state index is -0.172. The average molecular weight is 848 g/mol. The second-order valence-electron chi connectivity index (χ2n) is 17.3. The predicted octanol–water partition coefficient (Wildman–Crippen LogP) is 2.72. The maximum absolute atomic E-state index is 12.3. The van der Waals surface area contributed by atoms with E-state index >= 15 is 0 Å². The summed E-state index contributed by atoms with van der Waals surface area (Å²) in [6.45, 7) is 13.0. The number of aromatic amines is 2. The molecule has 4 aromatic rings. The first-order valence-corrected chi connectivity index (χ1v) is 22.4. The van der Waals surface area contributed by atoms with Crippen LogP contribution < -0.4 is 31.6 Å². The van der Waals surface area contributed by atoms with Crippen LogP contribution in [0.4, 0.5) is 11.4 Å². The first kappa shape index (κ1) is 43.2. The van der Waals surface area contributed by atoms with Crippen LogP contribution in [0.5, 0.6) is 0 Å². The molecular formula is C46H61N11O5. The molecule has 2 saturated carbocycles. The van der Waals surface area contributed by atoms with Crippen molar-refractivity contribution in [2.24, 2.45) is 5.92 Å². The van der Waals surface area contributed by atoms with E-state index in [1.54, 1.807) is 38.6 Å². The Labute approximate surface area is 362 Å². The minimum Gasteiger partial charge on any atom is -0.379 e. The van der Waals surface area contributed by atoms with Gasteiger partial charge in [-0.2, -0.15) is 0 Å². The number of nitrogens with zero attached hydrogens (tertiary/aromatic N) is 7. The van der Waals surface area contributed by atoms with Crippen LogP contribution >= 0.6 is 0 Å². The Kier molecular flexibility index (Phi) is 13.2. The molecule has 0 aromatic carbocycles. The number of rotatable bonds is 10. The third-order valence-electron chi connectivity index (χ3n) is 14.0. The number of fused-ring (bicyclic) bond motifs is 1. The Balaban J connectivity index is 0.000000171. The largest absolute Gasteiger partial charge is 0.379 e. The van der Waals surface area contributed by atoms with E-state index < -0.39 is 0 Å². The Hall–Kier alpha value is -5.45. The topological polar surface area (TPSA) is 185 Å². The molecule has 5 atom stereocenters. The van der Waals surface area contributed by atoms with Crippen LogP contribution in [-0.4, -0.2) is 138 Å². The van der Waals surface area contributed by atoms with Crippen molar-refractivity contribution in [3.8, 4) is 0 Å². The van der Waals surface area contributed by atoms with E-state index in [1.165, 1.54) is 6.42 Å². The Morgan fingerprint density at radius 2 is 1.37 bits per heavy atom. The van der Waals surface area contributed by atoms with Crippen molar-refractivity contribution < 1.29 is 14.3 Å². The van der Waals surface area contributed by atoms with E-state index in [0.717, 1.165) is 113 Å². The van der Waals surface area contributed by atoms with Gasteiger partial charge in [-0.3, -0.25) is 34.0 Å². The van der Waals surface area contributed by atoms with Gasteiger partial charge in [0.25, 0.3) is 22.9 Å². The van der Waals surface area contributed by atoms with Crippen LogP contribution in [0.3, 0.4) is 0 Å². The lowest BCUT2D eigenvalue weighted by atomic mass is 9.93. The lowest BCUT2D eigenvalue weighted by molar-refractivity contribution is 0.00290. The third kappa shape index (κ3) is 9.04. The maximum atomic E-state index is 12.3. The van der Waals surface area contributed by atoms with Crippen molar-refractivity contribution >= 4 is 23.2 Å². The summed E-state index contributed by atoms with van der Waals surface area (Å²) >= 11 is 0. The van der Waals surface area contributed by atoms with Gasteiger partial charge in [0.05, 0.1) is 37.0 Å². The van der Waals surface area contributed by atoms with Crippen LogP contribution in [0, 0.1) is 5.92 Å². The zero-order chi connectivity index (χ0) is 43.4. The number of carbonyl (C=O) groups is 2. The summed E-state index contributed by atoms with van der Waals surface area (Å²) in [4.78, 5) is 76.8. The van der Waals surface area contributed by atoms with Gasteiger partial charge < -0.3 is 35.1 Å². The second kappa shape index (κ2) is 18.9. The van der Waals surface area contributed by atoms with E-state index in [9.17, 15) is 19.2 Å². The van der Waals surface area contributed by atoms with Gasteiger partial charge in [0, 0.05) is 113 Å². The van der Waals surface area contributed by atoms with E-state index in [1.807, 2.05) is 44.3 Å². The smallest absolute Gasteiger partial charge is 0.269 e. The van der Waals surface area contributed by atoms with Crippen LogP contribution in [0.1, 0.15) is 89.1 Å². The summed E-state index contributed by atoms with van der Waals surface area (Å²) in [5.41, 5.74) is 6.60. The number of amides is 2. The molecule has 0 spiro atoms. The Morgan fingerprint density at radius 3 is 1.89 bits per heavy atom. The van der Waals surface area contributed by atoms with E-state index in [-0.39, 0.29) is 34.3 Å². The molecule has 3 saturated heterocycles. The molecule has 62 heavy (non-hydrogen) atoms. The normalized spacial score (nSPS) is 25.0. The third-order valence-corrected chi connectivity index (χ3v) is 14.0. The molecule has 2 aliphatic carbocycles. The standard InChI is InChI=1S/C23H30N6O2.C23H31N5O3/c1-3-17-22(31)27-20(14-26-17)23-7-6-19(16(23)12-23)29-10-8-28(9-11-29)15-4-5-18(25-13-15)21(30)24-2;1-3-16-4-6-20(26-22(16)29)17-12-19(15-31-14-17)28-10-8-27(9-11-28)18-5-7-21(25-13-18)23(30)24-2/h4-5,13-14,16,19H,3,6-12H2,1-2H3,(H,24,30)(H,27,31);4-7,13,17,19H,3,8-12,14-15H2,1-2H3,(H,24,30)(H,26,29). The van der Waals surface area contributed by atoms with Crippen molar-refractivity contribution in [2.45, 2.75) is 75.8 Å². The van der Waals surface area contributed by atoms with Crippen molar-refractivity contribution in [3.05, 3.63) is 110 Å². The summed E-state index contributed by atoms with van der Waals surface area (Å²) < 4.78 is 5.93. The number of pyridine rings is 3. The highest BCUT2D eigenvalue weighted by atomic mass is 16.5. The monoisotopic (exact) mass is 847 g/mol. The molecule has 330 valence electrons. The first-order chi connectivity index (χ1) is 30.1. The molecule has 4 N–H and O–H groups in total. The zero-order valence-corrected chi connectivity index (χ0v) is 36.5. The highest BCUT2D eigenvalue weighted by molar-refractivity contribution is 5.92. The van der Waals surface area contributed by atoms with Gasteiger partial charge in [-0.05, 0) is 74.8 Å². The summed E-state index contributed by atoms with van der Waals surface area (Å²) in [5, 5.41) is 5.20. The van der Waals surface area contributed by atoms with Gasteiger partial charge in [-0.15, -0.1) is 0 Å². The number of carbonyl (C=O) groups excluding carboxylic acids is 2. The lowest BCUT2D eigenvalue weighted by Gasteiger charge is -2.42. The van der Waals surface area contributed by atoms with Crippen LogP contribution in [0.15, 0.2) is 64.6 Å². The summed E-state index contributed by atoms with van der Waals surface area (Å²) in [7, 11) is 3.22. The number of nitrogens with one attached hydrogen (secondary N) is 4.